The molecule has 0 radical (unpaired) electrons. The zero-order valence-electron chi connectivity index (χ0n) is 5.90. The first kappa shape index (κ1) is 8.23. The Hall–Kier alpha value is -0.870. The second-order valence-electron chi connectivity index (χ2n) is 2.04. The molecule has 0 spiro atoms. The quantitative estimate of drug-likeness (QED) is 0.662. The Labute approximate surface area is 70.1 Å². The fraction of sp³-hybridized carbons (Fsp3) is 0.286. The molecule has 0 fully saturated rings. The highest BCUT2D eigenvalue weighted by molar-refractivity contribution is 7.79. The molecule has 1 aromatic rings. The van der Waals surface area contributed by atoms with Crippen molar-refractivity contribution in [1.82, 2.24) is 9.97 Å². The van der Waals surface area contributed by atoms with E-state index in [4.69, 9.17) is 5.11 Å². The van der Waals surface area contributed by atoms with E-state index in [-0.39, 0.29) is 6.61 Å². The van der Waals surface area contributed by atoms with E-state index in [0.717, 1.165) is 5.56 Å². The molecule has 58 valence electrons. The van der Waals surface area contributed by atoms with Crippen molar-refractivity contribution in [2.45, 2.75) is 6.42 Å². The second kappa shape index (κ2) is 4.10. The topological polar surface area (TPSA) is 46.0 Å². The molecule has 1 aromatic heterocycles. The zero-order valence-corrected chi connectivity index (χ0v) is 6.71. The molecule has 3 nitrogen and oxygen atoms in total. The van der Waals surface area contributed by atoms with Gasteiger partial charge in [0.1, 0.15) is 0 Å². The van der Waals surface area contributed by atoms with Crippen molar-refractivity contribution >= 4 is 17.6 Å². The standard InChI is InChI=1S/C7H8N2OS/c10-2-1-6-3-8-7(5-11)9-4-6/h3-5,10H,1-2H2. The Morgan fingerprint density at radius 3 is 2.55 bits per heavy atom. The van der Waals surface area contributed by atoms with Crippen LogP contribution in [0, 0.1) is 0 Å². The lowest BCUT2D eigenvalue weighted by Crippen LogP contribution is -1.96. The van der Waals surface area contributed by atoms with Crippen LogP contribution in [0.25, 0.3) is 0 Å². The summed E-state index contributed by atoms with van der Waals surface area (Å²) >= 11 is 4.63. The molecule has 0 saturated heterocycles. The van der Waals surface area contributed by atoms with Gasteiger partial charge in [-0.15, -0.1) is 0 Å². The molecule has 0 aliphatic rings. The van der Waals surface area contributed by atoms with Crippen LogP contribution < -0.4 is 0 Å². The van der Waals surface area contributed by atoms with Gasteiger partial charge in [-0.2, -0.15) is 0 Å². The van der Waals surface area contributed by atoms with E-state index in [9.17, 15) is 0 Å². The lowest BCUT2D eigenvalue weighted by molar-refractivity contribution is 0.299. The molecule has 0 aliphatic carbocycles. The molecule has 0 saturated carbocycles. The van der Waals surface area contributed by atoms with E-state index in [1.165, 1.54) is 5.37 Å². The van der Waals surface area contributed by atoms with Gasteiger partial charge >= 0.3 is 0 Å². The highest BCUT2D eigenvalue weighted by Gasteiger charge is 1.92. The Balaban J connectivity index is 2.74. The van der Waals surface area contributed by atoms with Crippen LogP contribution in [0.2, 0.25) is 0 Å². The number of hydrogen-bond acceptors (Lipinski definition) is 4. The summed E-state index contributed by atoms with van der Waals surface area (Å²) in [4.78, 5) is 7.87. The van der Waals surface area contributed by atoms with Crippen LogP contribution in [0.4, 0.5) is 0 Å². The van der Waals surface area contributed by atoms with Gasteiger partial charge in [0.2, 0.25) is 0 Å². The number of aliphatic hydroxyl groups excluding tert-OH is 1. The van der Waals surface area contributed by atoms with Crippen molar-refractivity contribution in [2.24, 2.45) is 0 Å². The highest BCUT2D eigenvalue weighted by Crippen LogP contribution is 1.94. The summed E-state index contributed by atoms with van der Waals surface area (Å²) in [5, 5.41) is 9.98. The smallest absolute Gasteiger partial charge is 0.162 e. The number of hydrogen-bond donors (Lipinski definition) is 1. The number of thiocarbonyl (C=S) groups is 1. The van der Waals surface area contributed by atoms with Gasteiger partial charge in [0.15, 0.2) is 5.82 Å². The van der Waals surface area contributed by atoms with E-state index in [0.29, 0.717) is 12.2 Å². The predicted molar refractivity (Wildman–Crippen MR) is 45.6 cm³/mol. The van der Waals surface area contributed by atoms with Gasteiger partial charge in [-0.05, 0) is 12.0 Å². The van der Waals surface area contributed by atoms with Crippen LogP contribution >= 0.6 is 12.2 Å². The number of rotatable bonds is 3. The van der Waals surface area contributed by atoms with Gasteiger partial charge in [-0.25, -0.2) is 9.97 Å². The Morgan fingerprint density at radius 1 is 1.45 bits per heavy atom. The molecule has 4 heteroatoms. The molecule has 0 aliphatic heterocycles. The van der Waals surface area contributed by atoms with Crippen molar-refractivity contribution in [2.75, 3.05) is 6.61 Å². The van der Waals surface area contributed by atoms with Gasteiger partial charge in [-0.3, -0.25) is 0 Å². The molecule has 0 unspecified atom stereocenters. The van der Waals surface area contributed by atoms with E-state index in [2.05, 4.69) is 22.2 Å². The van der Waals surface area contributed by atoms with Crippen LogP contribution in [0.5, 0.6) is 0 Å². The summed E-state index contributed by atoms with van der Waals surface area (Å²) in [5.41, 5.74) is 0.924. The summed E-state index contributed by atoms with van der Waals surface area (Å²) < 4.78 is 0. The average Bonchev–Trinajstić information content (AvgIpc) is 2.07. The first-order valence-electron chi connectivity index (χ1n) is 3.24. The minimum Gasteiger partial charge on any atom is -0.396 e. The van der Waals surface area contributed by atoms with Crippen LogP contribution in [0.1, 0.15) is 11.4 Å². The van der Waals surface area contributed by atoms with Gasteiger partial charge in [0.05, 0.1) is 0 Å². The summed E-state index contributed by atoms with van der Waals surface area (Å²) in [6.07, 6.45) is 3.93. The van der Waals surface area contributed by atoms with E-state index < -0.39 is 0 Å². The molecule has 1 heterocycles. The minimum absolute atomic E-state index is 0.125. The molecular formula is C7H8N2OS. The number of aliphatic hydroxyl groups is 1. The zero-order chi connectivity index (χ0) is 8.10. The lowest BCUT2D eigenvalue weighted by atomic mass is 10.2. The molecule has 11 heavy (non-hydrogen) atoms. The Bertz CT molecular complexity index is 235. The van der Waals surface area contributed by atoms with Crippen LogP contribution in [-0.4, -0.2) is 27.0 Å². The fourth-order valence-corrected chi connectivity index (χ4v) is 0.806. The first-order chi connectivity index (χ1) is 5.36. The Kier molecular flexibility index (Phi) is 3.07. The normalized spacial score (nSPS) is 9.55. The van der Waals surface area contributed by atoms with E-state index in [1.807, 2.05) is 0 Å². The van der Waals surface area contributed by atoms with Crippen LogP contribution in [0.15, 0.2) is 12.4 Å². The van der Waals surface area contributed by atoms with Crippen molar-refractivity contribution in [1.29, 1.82) is 0 Å². The molecule has 0 aromatic carbocycles. The van der Waals surface area contributed by atoms with Crippen LogP contribution in [-0.2, 0) is 6.42 Å². The van der Waals surface area contributed by atoms with Gasteiger partial charge in [-0.1, -0.05) is 12.2 Å². The molecule has 0 atom stereocenters. The Morgan fingerprint density at radius 2 is 2.09 bits per heavy atom. The third kappa shape index (κ3) is 2.32. The maximum Gasteiger partial charge on any atom is 0.162 e. The minimum atomic E-state index is 0.125. The fourth-order valence-electron chi connectivity index (χ4n) is 0.684. The first-order valence-corrected chi connectivity index (χ1v) is 3.71. The summed E-state index contributed by atoms with van der Waals surface area (Å²) in [7, 11) is 0. The van der Waals surface area contributed by atoms with Gasteiger partial charge in [0.25, 0.3) is 0 Å². The third-order valence-electron chi connectivity index (χ3n) is 1.23. The van der Waals surface area contributed by atoms with E-state index >= 15 is 0 Å². The van der Waals surface area contributed by atoms with E-state index in [1.54, 1.807) is 12.4 Å². The third-order valence-corrected chi connectivity index (χ3v) is 1.44. The van der Waals surface area contributed by atoms with Gasteiger partial charge in [0, 0.05) is 24.4 Å². The molecule has 0 amide bonds. The maximum atomic E-state index is 8.56. The monoisotopic (exact) mass is 168 g/mol. The highest BCUT2D eigenvalue weighted by atomic mass is 32.1. The van der Waals surface area contributed by atoms with Gasteiger partial charge < -0.3 is 5.11 Å². The summed E-state index contributed by atoms with van der Waals surface area (Å²) in [6, 6.07) is 0. The van der Waals surface area contributed by atoms with Crippen molar-refractivity contribution in [3.8, 4) is 0 Å². The SMILES string of the molecule is OCCc1cnc(C=S)nc1. The predicted octanol–water partition coefficient (Wildman–Crippen LogP) is 0.359. The summed E-state index contributed by atoms with van der Waals surface area (Å²) in [6.45, 7) is 0.125. The average molecular weight is 168 g/mol. The maximum absolute atomic E-state index is 8.56. The molecule has 1 N–H and O–H groups in total. The number of nitrogens with zero attached hydrogens (tertiary/aromatic N) is 2. The molecule has 0 bridgehead atoms. The largest absolute Gasteiger partial charge is 0.396 e. The lowest BCUT2D eigenvalue weighted by Gasteiger charge is -1.95. The number of aromatic nitrogens is 2. The van der Waals surface area contributed by atoms with Crippen LogP contribution in [0.3, 0.4) is 0 Å². The molecular weight excluding hydrogens is 160 g/mol. The molecule has 1 rings (SSSR count). The van der Waals surface area contributed by atoms with Crippen molar-refractivity contribution < 1.29 is 5.11 Å². The second-order valence-corrected chi connectivity index (χ2v) is 2.28. The van der Waals surface area contributed by atoms with Crippen molar-refractivity contribution in [3.05, 3.63) is 23.8 Å². The summed E-state index contributed by atoms with van der Waals surface area (Å²) in [5.74, 6) is 0.543. The van der Waals surface area contributed by atoms with Crippen molar-refractivity contribution in [3.63, 3.8) is 0 Å².